The molecule has 0 rings (SSSR count). The monoisotopic (exact) mass is 224 g/mol. The predicted molar refractivity (Wildman–Crippen MR) is 62.9 cm³/mol. The minimum Gasteiger partial charge on any atom is -0.211 e. The maximum Gasteiger partial charge on any atom is 0.235 e. The molecule has 0 aromatic rings. The molecule has 4 nitrogen and oxygen atoms in total. The summed E-state index contributed by atoms with van der Waals surface area (Å²) in [5.74, 6) is 0. The van der Waals surface area contributed by atoms with Gasteiger partial charge in [-0.25, -0.2) is 19.6 Å². The predicted octanol–water partition coefficient (Wildman–Crippen LogP) is 2.78. The molecule has 0 fully saturated rings. The zero-order valence-corrected chi connectivity index (χ0v) is 10.1. The molecule has 0 aliphatic rings. The number of carbonyl (C=O) groups excluding carboxylic acids is 2. The molecule has 16 heavy (non-hydrogen) atoms. The average Bonchev–Trinajstić information content (AvgIpc) is 2.25. The van der Waals surface area contributed by atoms with Crippen LogP contribution >= 0.6 is 0 Å². The van der Waals surface area contributed by atoms with Crippen LogP contribution in [0.1, 0.15) is 52.4 Å². The van der Waals surface area contributed by atoms with E-state index in [4.69, 9.17) is 0 Å². The first-order valence-electron chi connectivity index (χ1n) is 5.88. The van der Waals surface area contributed by atoms with Crippen LogP contribution < -0.4 is 0 Å². The second-order valence-electron chi connectivity index (χ2n) is 4.02. The lowest BCUT2D eigenvalue weighted by Crippen LogP contribution is -2.04. The van der Waals surface area contributed by atoms with E-state index >= 15 is 0 Å². The van der Waals surface area contributed by atoms with Crippen molar-refractivity contribution >= 4 is 12.2 Å². The van der Waals surface area contributed by atoms with Crippen LogP contribution in [0.25, 0.3) is 0 Å². The van der Waals surface area contributed by atoms with Gasteiger partial charge in [-0.2, -0.15) is 0 Å². The van der Waals surface area contributed by atoms with E-state index in [1.807, 2.05) is 6.92 Å². The third-order valence-electron chi connectivity index (χ3n) is 2.54. The summed E-state index contributed by atoms with van der Waals surface area (Å²) in [4.78, 5) is 27.5. The van der Waals surface area contributed by atoms with E-state index in [1.54, 1.807) is 12.2 Å². The minimum absolute atomic E-state index is 0.0525. The van der Waals surface area contributed by atoms with Gasteiger partial charge in [-0.3, -0.25) is 0 Å². The molecule has 0 aliphatic heterocycles. The number of hydrogen-bond donors (Lipinski definition) is 0. The highest BCUT2D eigenvalue weighted by atomic mass is 16.1. The molecule has 0 saturated carbocycles. The molecule has 0 saturated heterocycles. The summed E-state index contributed by atoms with van der Waals surface area (Å²) in [6.07, 6.45) is 8.98. The molecule has 0 bridgehead atoms. The van der Waals surface area contributed by atoms with E-state index in [9.17, 15) is 9.59 Å². The van der Waals surface area contributed by atoms with Crippen LogP contribution in [0.3, 0.4) is 0 Å². The normalized spacial score (nSPS) is 13.4. The molecular weight excluding hydrogens is 204 g/mol. The smallest absolute Gasteiger partial charge is 0.211 e. The van der Waals surface area contributed by atoms with E-state index < -0.39 is 0 Å². The second-order valence-corrected chi connectivity index (χ2v) is 4.02. The summed E-state index contributed by atoms with van der Waals surface area (Å²) in [5.41, 5.74) is 0. The standard InChI is InChI=1S/C12H20N2O2/c1-3-6-12(14-10-16)8-5-4-7-11(2)13-9-15/h11-12H,3-8H2,1-2H3. The van der Waals surface area contributed by atoms with Crippen LogP contribution in [0.15, 0.2) is 9.98 Å². The van der Waals surface area contributed by atoms with E-state index in [0.717, 1.165) is 38.5 Å². The van der Waals surface area contributed by atoms with Gasteiger partial charge < -0.3 is 0 Å². The van der Waals surface area contributed by atoms with Crippen LogP contribution in [0.4, 0.5) is 0 Å². The Kier molecular flexibility index (Phi) is 9.49. The minimum atomic E-state index is 0.0525. The summed E-state index contributed by atoms with van der Waals surface area (Å²) >= 11 is 0. The lowest BCUT2D eigenvalue weighted by atomic mass is 10.0. The molecule has 0 amide bonds. The van der Waals surface area contributed by atoms with Crippen molar-refractivity contribution in [1.82, 2.24) is 0 Å². The molecule has 0 N–H and O–H groups in total. The number of nitrogens with zero attached hydrogens (tertiary/aromatic N) is 2. The highest BCUT2D eigenvalue weighted by molar-refractivity contribution is 5.33. The first kappa shape index (κ1) is 14.8. The molecule has 2 unspecified atom stereocenters. The Balaban J connectivity index is 3.69. The third kappa shape index (κ3) is 8.10. The van der Waals surface area contributed by atoms with Gasteiger partial charge in [-0.1, -0.05) is 26.2 Å². The SMILES string of the molecule is CCCC(CCCCC(C)N=C=O)N=C=O. The molecule has 2 atom stereocenters. The maximum atomic E-state index is 10.2. The van der Waals surface area contributed by atoms with Gasteiger partial charge in [0.1, 0.15) is 0 Å². The molecule has 0 heterocycles. The molecule has 4 heteroatoms. The van der Waals surface area contributed by atoms with Crippen molar-refractivity contribution in [3.63, 3.8) is 0 Å². The molecule has 0 aliphatic carbocycles. The van der Waals surface area contributed by atoms with Crippen LogP contribution in [0.2, 0.25) is 0 Å². The lowest BCUT2D eigenvalue weighted by Gasteiger charge is -2.09. The Morgan fingerprint density at radius 1 is 1.00 bits per heavy atom. The summed E-state index contributed by atoms with van der Waals surface area (Å²) in [6, 6.07) is 0.170. The molecule has 0 aromatic carbocycles. The number of rotatable bonds is 9. The van der Waals surface area contributed by atoms with E-state index in [0.29, 0.717) is 0 Å². The summed E-state index contributed by atoms with van der Waals surface area (Å²) in [6.45, 7) is 3.98. The quantitative estimate of drug-likeness (QED) is 0.343. The van der Waals surface area contributed by atoms with Crippen molar-refractivity contribution in [2.75, 3.05) is 0 Å². The Labute approximate surface area is 96.9 Å². The largest absolute Gasteiger partial charge is 0.235 e. The maximum absolute atomic E-state index is 10.2. The Morgan fingerprint density at radius 2 is 1.62 bits per heavy atom. The Bertz CT molecular complexity index is 266. The fourth-order valence-electron chi connectivity index (χ4n) is 1.66. The van der Waals surface area contributed by atoms with Crippen molar-refractivity contribution in [2.24, 2.45) is 9.98 Å². The van der Waals surface area contributed by atoms with Gasteiger partial charge in [0.15, 0.2) is 0 Å². The molecule has 0 aromatic heterocycles. The molecular formula is C12H20N2O2. The third-order valence-corrected chi connectivity index (χ3v) is 2.54. The van der Waals surface area contributed by atoms with Crippen molar-refractivity contribution in [1.29, 1.82) is 0 Å². The van der Waals surface area contributed by atoms with Gasteiger partial charge >= 0.3 is 0 Å². The lowest BCUT2D eigenvalue weighted by molar-refractivity contribution is 0.495. The highest BCUT2D eigenvalue weighted by Gasteiger charge is 2.06. The van der Waals surface area contributed by atoms with Gasteiger partial charge in [0.05, 0.1) is 12.1 Å². The van der Waals surface area contributed by atoms with Crippen LogP contribution in [-0.2, 0) is 9.59 Å². The van der Waals surface area contributed by atoms with Crippen LogP contribution in [-0.4, -0.2) is 24.2 Å². The molecule has 0 radical (unpaired) electrons. The van der Waals surface area contributed by atoms with Crippen LogP contribution in [0, 0.1) is 0 Å². The van der Waals surface area contributed by atoms with Crippen molar-refractivity contribution in [3.05, 3.63) is 0 Å². The number of aliphatic imine (C=N–C) groups is 2. The van der Waals surface area contributed by atoms with Crippen molar-refractivity contribution in [2.45, 2.75) is 64.5 Å². The van der Waals surface area contributed by atoms with Crippen molar-refractivity contribution < 1.29 is 9.59 Å². The molecule has 90 valence electrons. The van der Waals surface area contributed by atoms with Gasteiger partial charge in [0.25, 0.3) is 0 Å². The van der Waals surface area contributed by atoms with Gasteiger partial charge in [-0.15, -0.1) is 0 Å². The molecule has 0 spiro atoms. The Hall–Kier alpha value is -1.24. The fraction of sp³-hybridized carbons (Fsp3) is 0.833. The zero-order chi connectivity index (χ0) is 12.2. The topological polar surface area (TPSA) is 58.9 Å². The second kappa shape index (κ2) is 10.3. The first-order chi connectivity index (χ1) is 7.74. The average molecular weight is 224 g/mol. The summed E-state index contributed by atoms with van der Waals surface area (Å²) < 4.78 is 0. The fourth-order valence-corrected chi connectivity index (χ4v) is 1.66. The highest BCUT2D eigenvalue weighted by Crippen LogP contribution is 2.13. The summed E-state index contributed by atoms with van der Waals surface area (Å²) in [5, 5.41) is 0. The zero-order valence-electron chi connectivity index (χ0n) is 10.1. The summed E-state index contributed by atoms with van der Waals surface area (Å²) in [7, 11) is 0. The van der Waals surface area contributed by atoms with Gasteiger partial charge in [-0.05, 0) is 26.2 Å². The van der Waals surface area contributed by atoms with Gasteiger partial charge in [0.2, 0.25) is 12.2 Å². The first-order valence-corrected chi connectivity index (χ1v) is 5.88. The van der Waals surface area contributed by atoms with Gasteiger partial charge in [0, 0.05) is 0 Å². The Morgan fingerprint density at radius 3 is 2.19 bits per heavy atom. The number of isocyanates is 2. The van der Waals surface area contributed by atoms with Crippen LogP contribution in [0.5, 0.6) is 0 Å². The van der Waals surface area contributed by atoms with E-state index in [1.165, 1.54) is 0 Å². The van der Waals surface area contributed by atoms with E-state index in [2.05, 4.69) is 16.9 Å². The number of unbranched alkanes of at least 4 members (excludes halogenated alkanes) is 1. The number of hydrogen-bond acceptors (Lipinski definition) is 4. The van der Waals surface area contributed by atoms with E-state index in [-0.39, 0.29) is 12.1 Å². The van der Waals surface area contributed by atoms with Crippen molar-refractivity contribution in [3.8, 4) is 0 Å².